The lowest BCUT2D eigenvalue weighted by molar-refractivity contribution is -0.153. The molecular formula is C37H66O4. The normalized spacial score (nSPS) is 12.6. The smallest absolute Gasteiger partial charge is 0.307 e. The van der Waals surface area contributed by atoms with E-state index in [-0.39, 0.29) is 12.4 Å². The van der Waals surface area contributed by atoms with Gasteiger partial charge in [0.25, 0.3) is 0 Å². The minimum Gasteiger partial charge on any atom is -0.481 e. The molecule has 1 N–H and O–H groups in total. The second-order valence-corrected chi connectivity index (χ2v) is 11.7. The van der Waals surface area contributed by atoms with Gasteiger partial charge in [-0.2, -0.15) is 0 Å². The largest absolute Gasteiger partial charge is 0.481 e. The number of aliphatic carboxylic acids is 1. The molecule has 238 valence electrons. The molecule has 0 amide bonds. The quantitative estimate of drug-likeness (QED) is 0.0508. The van der Waals surface area contributed by atoms with Gasteiger partial charge in [0.1, 0.15) is 6.10 Å². The maximum atomic E-state index is 12.3. The summed E-state index contributed by atoms with van der Waals surface area (Å²) in [5.74, 6) is -1.11. The number of esters is 1. The molecule has 0 aromatic carbocycles. The molecular weight excluding hydrogens is 508 g/mol. The first-order valence-electron chi connectivity index (χ1n) is 17.5. The van der Waals surface area contributed by atoms with Crippen LogP contribution in [0, 0.1) is 0 Å². The molecule has 0 aliphatic carbocycles. The van der Waals surface area contributed by atoms with Gasteiger partial charge in [-0.1, -0.05) is 153 Å². The number of allylic oxidation sites excluding steroid dienone is 6. The lowest BCUT2D eigenvalue weighted by atomic mass is 10.0. The van der Waals surface area contributed by atoms with Gasteiger partial charge in [0, 0.05) is 6.42 Å². The molecule has 0 radical (unpaired) electrons. The summed E-state index contributed by atoms with van der Waals surface area (Å²) in [5, 5.41) is 9.22. The van der Waals surface area contributed by atoms with E-state index < -0.39 is 12.1 Å². The molecule has 0 saturated carbocycles. The van der Waals surface area contributed by atoms with E-state index >= 15 is 0 Å². The summed E-state index contributed by atoms with van der Waals surface area (Å²) in [5.41, 5.74) is 0. The van der Waals surface area contributed by atoms with Crippen LogP contribution in [0.1, 0.15) is 181 Å². The van der Waals surface area contributed by atoms with Crippen LogP contribution in [0.15, 0.2) is 36.5 Å². The predicted molar refractivity (Wildman–Crippen MR) is 176 cm³/mol. The highest BCUT2D eigenvalue weighted by atomic mass is 16.5. The summed E-state index contributed by atoms with van der Waals surface area (Å²) >= 11 is 0. The van der Waals surface area contributed by atoms with Gasteiger partial charge in [-0.3, -0.25) is 9.59 Å². The average molecular weight is 575 g/mol. The van der Waals surface area contributed by atoms with Crippen molar-refractivity contribution < 1.29 is 19.4 Å². The monoisotopic (exact) mass is 574 g/mol. The zero-order chi connectivity index (χ0) is 30.1. The molecule has 0 spiro atoms. The Morgan fingerprint density at radius 1 is 0.585 bits per heavy atom. The van der Waals surface area contributed by atoms with E-state index in [1.54, 1.807) is 0 Å². The standard InChI is InChI=1S/C37H66O4/c1-3-5-7-9-11-13-15-17-18-19-20-21-23-25-27-29-31-33-37(40)41-35(34-36(38)39)32-30-28-26-24-22-16-14-12-10-8-6-4-2/h5,7,11,13,17-18,35H,3-4,6,8-10,12,14-16,19-34H2,1-2H3,(H,38,39)/b7-5-,13-11-,18-17-. The van der Waals surface area contributed by atoms with Gasteiger partial charge in [-0.05, 0) is 51.4 Å². The fourth-order valence-electron chi connectivity index (χ4n) is 5.10. The summed E-state index contributed by atoms with van der Waals surface area (Å²) in [6, 6.07) is 0. The predicted octanol–water partition coefficient (Wildman–Crippen LogP) is 11.8. The number of rotatable bonds is 31. The van der Waals surface area contributed by atoms with Gasteiger partial charge in [0.05, 0.1) is 6.42 Å². The van der Waals surface area contributed by atoms with Crippen molar-refractivity contribution in [2.24, 2.45) is 0 Å². The molecule has 0 fully saturated rings. The third kappa shape index (κ3) is 32.5. The Hall–Kier alpha value is -1.84. The van der Waals surface area contributed by atoms with Crippen LogP contribution >= 0.6 is 0 Å². The van der Waals surface area contributed by atoms with Crippen molar-refractivity contribution in [3.8, 4) is 0 Å². The van der Waals surface area contributed by atoms with Crippen LogP contribution in [0.3, 0.4) is 0 Å². The molecule has 0 aromatic rings. The molecule has 0 rings (SSSR count). The Morgan fingerprint density at radius 3 is 1.59 bits per heavy atom. The second kappa shape index (κ2) is 32.7. The van der Waals surface area contributed by atoms with Gasteiger partial charge >= 0.3 is 11.9 Å². The highest BCUT2D eigenvalue weighted by Crippen LogP contribution is 2.16. The fourth-order valence-corrected chi connectivity index (χ4v) is 5.10. The Kier molecular flexibility index (Phi) is 31.2. The fraction of sp³-hybridized carbons (Fsp3) is 0.784. The maximum Gasteiger partial charge on any atom is 0.307 e. The van der Waals surface area contributed by atoms with Gasteiger partial charge in [0.15, 0.2) is 0 Å². The summed E-state index contributed by atoms with van der Waals surface area (Å²) in [6.07, 6.45) is 41.6. The van der Waals surface area contributed by atoms with Crippen LogP contribution in [-0.2, 0) is 14.3 Å². The van der Waals surface area contributed by atoms with E-state index in [1.165, 1.54) is 89.9 Å². The Labute approximate surface area is 254 Å². The zero-order valence-corrected chi connectivity index (χ0v) is 27.1. The lowest BCUT2D eigenvalue weighted by Gasteiger charge is -2.16. The highest BCUT2D eigenvalue weighted by Gasteiger charge is 2.17. The molecule has 4 nitrogen and oxygen atoms in total. The molecule has 0 saturated heterocycles. The second-order valence-electron chi connectivity index (χ2n) is 11.7. The van der Waals surface area contributed by atoms with Crippen molar-refractivity contribution in [2.45, 2.75) is 187 Å². The molecule has 0 aromatic heterocycles. The van der Waals surface area contributed by atoms with Crippen molar-refractivity contribution in [1.82, 2.24) is 0 Å². The zero-order valence-electron chi connectivity index (χ0n) is 27.1. The Bertz CT molecular complexity index is 664. The number of carbonyl (C=O) groups is 2. The molecule has 4 heteroatoms. The molecule has 41 heavy (non-hydrogen) atoms. The van der Waals surface area contributed by atoms with E-state index in [1.807, 2.05) is 0 Å². The van der Waals surface area contributed by atoms with Crippen molar-refractivity contribution in [2.75, 3.05) is 0 Å². The number of carboxylic acids is 1. The van der Waals surface area contributed by atoms with E-state index in [0.717, 1.165) is 57.8 Å². The number of ether oxygens (including phenoxy) is 1. The molecule has 1 unspecified atom stereocenters. The molecule has 0 aliphatic rings. The minimum atomic E-state index is -0.885. The van der Waals surface area contributed by atoms with Crippen molar-refractivity contribution >= 4 is 11.9 Å². The first-order chi connectivity index (χ1) is 20.1. The number of hydrogen-bond donors (Lipinski definition) is 1. The van der Waals surface area contributed by atoms with E-state index in [4.69, 9.17) is 4.74 Å². The average Bonchev–Trinajstić information content (AvgIpc) is 2.95. The van der Waals surface area contributed by atoms with Crippen LogP contribution < -0.4 is 0 Å². The third-order valence-electron chi connectivity index (χ3n) is 7.61. The summed E-state index contributed by atoms with van der Waals surface area (Å²) in [4.78, 5) is 23.5. The van der Waals surface area contributed by atoms with Gasteiger partial charge in [-0.15, -0.1) is 0 Å². The Balaban J connectivity index is 3.69. The molecule has 0 heterocycles. The van der Waals surface area contributed by atoms with Crippen molar-refractivity contribution in [1.29, 1.82) is 0 Å². The number of unbranched alkanes of at least 4 members (excludes halogenated alkanes) is 18. The summed E-state index contributed by atoms with van der Waals surface area (Å²) < 4.78 is 5.56. The number of hydrogen-bond acceptors (Lipinski definition) is 3. The van der Waals surface area contributed by atoms with E-state index in [0.29, 0.717) is 12.8 Å². The van der Waals surface area contributed by atoms with Crippen LogP contribution in [0.5, 0.6) is 0 Å². The van der Waals surface area contributed by atoms with E-state index in [2.05, 4.69) is 50.3 Å². The van der Waals surface area contributed by atoms with Gasteiger partial charge < -0.3 is 9.84 Å². The van der Waals surface area contributed by atoms with Crippen LogP contribution in [0.4, 0.5) is 0 Å². The number of carbonyl (C=O) groups excluding carboxylic acids is 1. The number of carboxylic acid groups (broad SMARTS) is 1. The molecule has 0 aliphatic heterocycles. The third-order valence-corrected chi connectivity index (χ3v) is 7.61. The minimum absolute atomic E-state index is 0.0771. The van der Waals surface area contributed by atoms with Crippen molar-refractivity contribution in [3.05, 3.63) is 36.5 Å². The van der Waals surface area contributed by atoms with E-state index in [9.17, 15) is 14.7 Å². The Morgan fingerprint density at radius 2 is 1.05 bits per heavy atom. The lowest BCUT2D eigenvalue weighted by Crippen LogP contribution is -2.21. The first-order valence-corrected chi connectivity index (χ1v) is 17.5. The van der Waals surface area contributed by atoms with Crippen molar-refractivity contribution in [3.63, 3.8) is 0 Å². The molecule has 1 atom stereocenters. The summed E-state index contributed by atoms with van der Waals surface area (Å²) in [7, 11) is 0. The van der Waals surface area contributed by atoms with Gasteiger partial charge in [-0.25, -0.2) is 0 Å². The SMILES string of the molecule is CC/C=C\C/C=C\C/C=C\CCCCCCCCCC(=O)OC(CCCCCCCCCCCCCC)CC(=O)O. The van der Waals surface area contributed by atoms with Crippen LogP contribution in [0.25, 0.3) is 0 Å². The highest BCUT2D eigenvalue weighted by molar-refractivity contribution is 5.71. The van der Waals surface area contributed by atoms with Crippen LogP contribution in [0.2, 0.25) is 0 Å². The van der Waals surface area contributed by atoms with Crippen LogP contribution in [-0.4, -0.2) is 23.1 Å². The molecule has 0 bridgehead atoms. The summed E-state index contributed by atoms with van der Waals surface area (Å²) in [6.45, 7) is 4.41. The topological polar surface area (TPSA) is 63.6 Å². The van der Waals surface area contributed by atoms with Gasteiger partial charge in [0.2, 0.25) is 0 Å². The maximum absolute atomic E-state index is 12.3. The first kappa shape index (κ1) is 39.2.